The van der Waals surface area contributed by atoms with E-state index in [4.69, 9.17) is 14.2 Å². The minimum atomic E-state index is -0.853. The Balaban J connectivity index is 1.97. The van der Waals surface area contributed by atoms with Gasteiger partial charge >= 0.3 is 5.97 Å². The summed E-state index contributed by atoms with van der Waals surface area (Å²) in [5.74, 6) is -0.195. The number of hydrogen-bond acceptors (Lipinski definition) is 7. The second-order valence-corrected chi connectivity index (χ2v) is 12.7. The third kappa shape index (κ3) is 8.61. The number of fused-ring (bicyclic) bond motifs is 1. The van der Waals surface area contributed by atoms with Gasteiger partial charge in [-0.05, 0) is 76.9 Å². The van der Waals surface area contributed by atoms with Crippen LogP contribution < -0.4 is 14.2 Å². The van der Waals surface area contributed by atoms with Crippen molar-refractivity contribution >= 4 is 11.9 Å². The molecule has 9 nitrogen and oxygen atoms in total. The Morgan fingerprint density at radius 3 is 2.46 bits per heavy atom. The molecule has 0 bridgehead atoms. The van der Waals surface area contributed by atoms with E-state index in [1.165, 1.54) is 5.57 Å². The molecule has 41 heavy (non-hydrogen) atoms. The van der Waals surface area contributed by atoms with E-state index >= 15 is 0 Å². The molecule has 1 N–H and O–H groups in total. The van der Waals surface area contributed by atoms with Gasteiger partial charge in [0.2, 0.25) is 18.4 Å². The third-order valence-corrected chi connectivity index (χ3v) is 8.06. The summed E-state index contributed by atoms with van der Waals surface area (Å²) in [5.41, 5.74) is 1.77. The largest absolute Gasteiger partial charge is 0.493 e. The van der Waals surface area contributed by atoms with Crippen LogP contribution in [-0.2, 0) is 9.59 Å². The maximum atomic E-state index is 13.8. The molecule has 3 rings (SSSR count). The molecular weight excluding hydrogens is 522 g/mol. The van der Waals surface area contributed by atoms with Gasteiger partial charge in [0, 0.05) is 31.6 Å². The first-order valence-electron chi connectivity index (χ1n) is 14.9. The average Bonchev–Trinajstić information content (AvgIpc) is 3.49. The first kappa shape index (κ1) is 32.7. The lowest BCUT2D eigenvalue weighted by Gasteiger charge is -2.34. The van der Waals surface area contributed by atoms with Crippen molar-refractivity contribution in [1.29, 1.82) is 0 Å². The normalized spacial score (nSPS) is 20.4. The fraction of sp³-hybridized carbons (Fsp3) is 0.688. The number of ether oxygens (including phenoxy) is 3. The average molecular weight is 574 g/mol. The van der Waals surface area contributed by atoms with Crippen molar-refractivity contribution in [2.24, 2.45) is 11.3 Å². The molecule has 3 atom stereocenters. The minimum absolute atomic E-state index is 0.0651. The van der Waals surface area contributed by atoms with Crippen molar-refractivity contribution in [2.75, 3.05) is 60.7 Å². The maximum Gasteiger partial charge on any atom is 0.308 e. The molecule has 0 radical (unpaired) electrons. The van der Waals surface area contributed by atoms with Gasteiger partial charge in [0.05, 0.1) is 19.6 Å². The lowest BCUT2D eigenvalue weighted by Crippen LogP contribution is -2.46. The Kier molecular flexibility index (Phi) is 11.5. The summed E-state index contributed by atoms with van der Waals surface area (Å²) in [6.07, 6.45) is 5.68. The zero-order valence-electron chi connectivity index (χ0n) is 26.4. The van der Waals surface area contributed by atoms with Crippen molar-refractivity contribution in [3.63, 3.8) is 0 Å². The number of nitrogens with zero attached hydrogens (tertiary/aromatic N) is 3. The van der Waals surface area contributed by atoms with Gasteiger partial charge in [-0.3, -0.25) is 14.5 Å². The predicted molar refractivity (Wildman–Crippen MR) is 161 cm³/mol. The standard InChI is InChI=1S/C32H51N3O6/c1-9-10-13-34(14-11-12-33(6)7)28(36)20-35-19-24(23-15-26(39-8)30-27(16-23)40-21-41-30)29(31(37)38)25(35)18-32(4,5)17-22(2)3/h15-17,24-25,29H,9-14,18-21H2,1-8H3,(H,37,38). The van der Waals surface area contributed by atoms with Crippen LogP contribution >= 0.6 is 0 Å². The highest BCUT2D eigenvalue weighted by molar-refractivity contribution is 5.79. The highest BCUT2D eigenvalue weighted by Gasteiger charge is 2.49. The van der Waals surface area contributed by atoms with Crippen LogP contribution in [0.4, 0.5) is 0 Å². The molecule has 1 fully saturated rings. The van der Waals surface area contributed by atoms with Crippen LogP contribution in [0.25, 0.3) is 0 Å². The van der Waals surface area contributed by atoms with Crippen LogP contribution in [-0.4, -0.2) is 98.4 Å². The molecule has 3 unspecified atom stereocenters. The monoisotopic (exact) mass is 573 g/mol. The quantitative estimate of drug-likeness (QED) is 0.298. The number of carboxylic acid groups (broad SMARTS) is 1. The number of likely N-dealkylation sites (tertiary alicyclic amines) is 1. The van der Waals surface area contributed by atoms with E-state index in [1.807, 2.05) is 31.1 Å². The first-order chi connectivity index (χ1) is 19.4. The summed E-state index contributed by atoms with van der Waals surface area (Å²) in [5, 5.41) is 10.6. The van der Waals surface area contributed by atoms with Gasteiger partial charge in [0.1, 0.15) is 0 Å². The van der Waals surface area contributed by atoms with Crippen molar-refractivity contribution in [1.82, 2.24) is 14.7 Å². The Labute approximate surface area is 246 Å². The van der Waals surface area contributed by atoms with Crippen LogP contribution in [0.15, 0.2) is 23.8 Å². The summed E-state index contributed by atoms with van der Waals surface area (Å²) >= 11 is 0. The van der Waals surface area contributed by atoms with Crippen molar-refractivity contribution < 1.29 is 28.9 Å². The zero-order chi connectivity index (χ0) is 30.3. The smallest absolute Gasteiger partial charge is 0.308 e. The number of methoxy groups -OCH3 is 1. The van der Waals surface area contributed by atoms with Crippen molar-refractivity contribution in [2.45, 2.75) is 72.3 Å². The van der Waals surface area contributed by atoms with E-state index in [1.54, 1.807) is 7.11 Å². The molecule has 2 aliphatic heterocycles. The van der Waals surface area contributed by atoms with Crippen molar-refractivity contribution in [3.05, 3.63) is 29.3 Å². The van der Waals surface area contributed by atoms with Crippen LogP contribution in [0.2, 0.25) is 0 Å². The van der Waals surface area contributed by atoms with Crippen molar-refractivity contribution in [3.8, 4) is 17.2 Å². The number of aliphatic carboxylic acids is 1. The topological polar surface area (TPSA) is 91.8 Å². The molecule has 230 valence electrons. The molecule has 1 aromatic carbocycles. The molecule has 2 aliphatic rings. The first-order valence-corrected chi connectivity index (χ1v) is 14.9. The molecule has 0 spiro atoms. The summed E-state index contributed by atoms with van der Waals surface area (Å²) in [4.78, 5) is 33.0. The van der Waals surface area contributed by atoms with Gasteiger partial charge in [0.25, 0.3) is 0 Å². The number of amides is 1. The maximum absolute atomic E-state index is 13.8. The minimum Gasteiger partial charge on any atom is -0.493 e. The zero-order valence-corrected chi connectivity index (χ0v) is 26.4. The molecule has 9 heteroatoms. The molecular formula is C32H51N3O6. The van der Waals surface area contributed by atoms with Gasteiger partial charge in [-0.15, -0.1) is 0 Å². The Hall–Kier alpha value is -2.78. The highest BCUT2D eigenvalue weighted by atomic mass is 16.7. The van der Waals surface area contributed by atoms with E-state index in [2.05, 4.69) is 50.5 Å². The fourth-order valence-electron chi connectivity index (χ4n) is 6.39. The summed E-state index contributed by atoms with van der Waals surface area (Å²) < 4.78 is 16.8. The summed E-state index contributed by atoms with van der Waals surface area (Å²) in [6.45, 7) is 13.6. The molecule has 1 saturated heterocycles. The van der Waals surface area contributed by atoms with E-state index in [-0.39, 0.29) is 36.6 Å². The number of carboxylic acids is 1. The molecule has 1 aromatic rings. The van der Waals surface area contributed by atoms with Crippen LogP contribution in [0.3, 0.4) is 0 Å². The van der Waals surface area contributed by atoms with Gasteiger partial charge in [0.15, 0.2) is 11.5 Å². The van der Waals surface area contributed by atoms with E-state index < -0.39 is 11.9 Å². The molecule has 0 saturated carbocycles. The number of carbonyl (C=O) groups excluding carboxylic acids is 1. The SMILES string of the molecule is CCCCN(CCCN(C)C)C(=O)CN1CC(c2cc(OC)c3c(c2)OCO3)C(C(=O)O)C1CC(C)(C)C=C(C)C. The molecule has 2 heterocycles. The van der Waals surface area contributed by atoms with Gasteiger partial charge in [-0.2, -0.15) is 0 Å². The van der Waals surface area contributed by atoms with Gasteiger partial charge in [-0.1, -0.05) is 38.8 Å². The van der Waals surface area contributed by atoms with Crippen LogP contribution in [0.5, 0.6) is 17.2 Å². The summed E-state index contributed by atoms with van der Waals surface area (Å²) in [6, 6.07) is 3.43. The fourth-order valence-corrected chi connectivity index (χ4v) is 6.39. The third-order valence-electron chi connectivity index (χ3n) is 8.06. The summed E-state index contributed by atoms with van der Waals surface area (Å²) in [7, 11) is 5.65. The van der Waals surface area contributed by atoms with E-state index in [0.717, 1.165) is 37.9 Å². The van der Waals surface area contributed by atoms with Crippen LogP contribution in [0, 0.1) is 11.3 Å². The number of hydrogen-bond donors (Lipinski definition) is 1. The highest BCUT2D eigenvalue weighted by Crippen LogP contribution is 2.48. The molecule has 0 aliphatic carbocycles. The predicted octanol–water partition coefficient (Wildman–Crippen LogP) is 4.86. The molecule has 0 aromatic heterocycles. The number of allylic oxidation sites excluding steroid dienone is 2. The Morgan fingerprint density at radius 1 is 1.15 bits per heavy atom. The Morgan fingerprint density at radius 2 is 1.85 bits per heavy atom. The van der Waals surface area contributed by atoms with E-state index in [0.29, 0.717) is 36.8 Å². The lowest BCUT2D eigenvalue weighted by molar-refractivity contribution is -0.144. The van der Waals surface area contributed by atoms with Gasteiger partial charge < -0.3 is 29.1 Å². The Bertz CT molecular complexity index is 1080. The number of rotatable bonds is 15. The molecule has 1 amide bonds. The number of unbranched alkanes of at least 4 members (excludes halogenated alkanes) is 1. The second-order valence-electron chi connectivity index (χ2n) is 12.7. The van der Waals surface area contributed by atoms with Gasteiger partial charge in [-0.25, -0.2) is 0 Å². The number of carbonyl (C=O) groups is 2. The lowest BCUT2D eigenvalue weighted by atomic mass is 9.77. The van der Waals surface area contributed by atoms with E-state index in [9.17, 15) is 14.7 Å². The number of benzene rings is 1. The second kappa shape index (κ2) is 14.4. The van der Waals surface area contributed by atoms with Crippen LogP contribution in [0.1, 0.15) is 71.8 Å².